The SMILES string of the molecule is COc1ccccc1CC(=O)Cc1ccccc1OC. The Hall–Kier alpha value is -2.29. The second-order valence-corrected chi connectivity index (χ2v) is 4.52. The number of rotatable bonds is 6. The first-order valence-electron chi connectivity index (χ1n) is 6.50. The molecule has 0 amide bonds. The highest BCUT2D eigenvalue weighted by molar-refractivity contribution is 5.84. The molecule has 0 aliphatic carbocycles. The van der Waals surface area contributed by atoms with E-state index in [-0.39, 0.29) is 5.78 Å². The quantitative estimate of drug-likeness (QED) is 0.809. The molecule has 20 heavy (non-hydrogen) atoms. The molecule has 104 valence electrons. The second-order valence-electron chi connectivity index (χ2n) is 4.52. The predicted octanol–water partition coefficient (Wildman–Crippen LogP) is 3.06. The number of para-hydroxylation sites is 2. The number of ether oxygens (including phenoxy) is 2. The Labute approximate surface area is 119 Å². The number of benzene rings is 2. The van der Waals surface area contributed by atoms with Gasteiger partial charge in [0.1, 0.15) is 17.3 Å². The Bertz CT molecular complexity index is 539. The largest absolute Gasteiger partial charge is 0.496 e. The first-order valence-corrected chi connectivity index (χ1v) is 6.50. The van der Waals surface area contributed by atoms with Crippen molar-refractivity contribution in [2.75, 3.05) is 14.2 Å². The van der Waals surface area contributed by atoms with Crippen LogP contribution in [-0.2, 0) is 17.6 Å². The van der Waals surface area contributed by atoms with Crippen LogP contribution in [0.4, 0.5) is 0 Å². The Morgan fingerprint density at radius 1 is 0.800 bits per heavy atom. The number of carbonyl (C=O) groups excluding carboxylic acids is 1. The lowest BCUT2D eigenvalue weighted by Crippen LogP contribution is -2.08. The summed E-state index contributed by atoms with van der Waals surface area (Å²) in [6.07, 6.45) is 0.726. The lowest BCUT2D eigenvalue weighted by molar-refractivity contribution is -0.117. The lowest BCUT2D eigenvalue weighted by atomic mass is 10.0. The predicted molar refractivity (Wildman–Crippen MR) is 78.4 cm³/mol. The average molecular weight is 270 g/mol. The summed E-state index contributed by atoms with van der Waals surface area (Å²) in [6, 6.07) is 15.2. The molecule has 0 N–H and O–H groups in total. The number of ketones is 1. The van der Waals surface area contributed by atoms with Gasteiger partial charge in [0, 0.05) is 24.0 Å². The topological polar surface area (TPSA) is 35.5 Å². The molecule has 2 rings (SSSR count). The molecule has 0 fully saturated rings. The van der Waals surface area contributed by atoms with Crippen LogP contribution in [0.25, 0.3) is 0 Å². The van der Waals surface area contributed by atoms with Crippen LogP contribution in [0.1, 0.15) is 11.1 Å². The van der Waals surface area contributed by atoms with Crippen LogP contribution in [-0.4, -0.2) is 20.0 Å². The molecular formula is C17H18O3. The number of methoxy groups -OCH3 is 2. The van der Waals surface area contributed by atoms with Gasteiger partial charge in [0.15, 0.2) is 0 Å². The van der Waals surface area contributed by atoms with Gasteiger partial charge in [0.05, 0.1) is 14.2 Å². The van der Waals surface area contributed by atoms with Crippen molar-refractivity contribution in [3.8, 4) is 11.5 Å². The summed E-state index contributed by atoms with van der Waals surface area (Å²) in [5, 5.41) is 0. The van der Waals surface area contributed by atoms with Gasteiger partial charge in [-0.1, -0.05) is 36.4 Å². The van der Waals surface area contributed by atoms with Crippen LogP contribution in [0.3, 0.4) is 0 Å². The van der Waals surface area contributed by atoms with Crippen LogP contribution in [0.2, 0.25) is 0 Å². The summed E-state index contributed by atoms with van der Waals surface area (Å²) in [6.45, 7) is 0. The average Bonchev–Trinajstić information content (AvgIpc) is 2.48. The Morgan fingerprint density at radius 2 is 1.20 bits per heavy atom. The molecule has 0 saturated carbocycles. The van der Waals surface area contributed by atoms with Gasteiger partial charge in [-0.2, -0.15) is 0 Å². The number of Topliss-reactive ketones (excluding diaryl/α,β-unsaturated/α-hetero) is 1. The molecule has 3 heteroatoms. The van der Waals surface area contributed by atoms with E-state index in [0.717, 1.165) is 22.6 Å². The maximum absolute atomic E-state index is 12.2. The van der Waals surface area contributed by atoms with Crippen LogP contribution in [0, 0.1) is 0 Å². The number of hydrogen-bond acceptors (Lipinski definition) is 3. The molecule has 0 aliphatic rings. The maximum atomic E-state index is 12.2. The van der Waals surface area contributed by atoms with Gasteiger partial charge in [0.25, 0.3) is 0 Å². The molecule has 0 aromatic heterocycles. The fraction of sp³-hybridized carbons (Fsp3) is 0.235. The van der Waals surface area contributed by atoms with Gasteiger partial charge in [-0.3, -0.25) is 4.79 Å². The zero-order chi connectivity index (χ0) is 14.4. The standard InChI is InChI=1S/C17H18O3/c1-19-16-9-5-3-7-13(16)11-15(18)12-14-8-4-6-10-17(14)20-2/h3-10H,11-12H2,1-2H3. The van der Waals surface area contributed by atoms with Crippen LogP contribution < -0.4 is 9.47 Å². The van der Waals surface area contributed by atoms with E-state index in [1.807, 2.05) is 48.5 Å². The molecule has 0 aliphatic heterocycles. The van der Waals surface area contributed by atoms with E-state index in [1.165, 1.54) is 0 Å². The maximum Gasteiger partial charge on any atom is 0.141 e. The Kier molecular flexibility index (Phi) is 4.77. The molecule has 2 aromatic carbocycles. The van der Waals surface area contributed by atoms with Gasteiger partial charge >= 0.3 is 0 Å². The van der Waals surface area contributed by atoms with Gasteiger partial charge in [0.2, 0.25) is 0 Å². The third-order valence-corrected chi connectivity index (χ3v) is 3.16. The van der Waals surface area contributed by atoms with E-state index >= 15 is 0 Å². The van der Waals surface area contributed by atoms with Crippen LogP contribution in [0.5, 0.6) is 11.5 Å². The third kappa shape index (κ3) is 3.38. The second kappa shape index (κ2) is 6.75. The summed E-state index contributed by atoms with van der Waals surface area (Å²) in [4.78, 5) is 12.2. The van der Waals surface area contributed by atoms with Gasteiger partial charge in [-0.25, -0.2) is 0 Å². The first-order chi connectivity index (χ1) is 9.74. The van der Waals surface area contributed by atoms with Crippen molar-refractivity contribution < 1.29 is 14.3 Å². The fourth-order valence-electron chi connectivity index (χ4n) is 2.19. The molecule has 0 bridgehead atoms. The molecule has 0 heterocycles. The highest BCUT2D eigenvalue weighted by Gasteiger charge is 2.11. The molecule has 0 saturated heterocycles. The van der Waals surface area contributed by atoms with Crippen LogP contribution in [0.15, 0.2) is 48.5 Å². The monoisotopic (exact) mass is 270 g/mol. The van der Waals surface area contributed by atoms with Crippen molar-refractivity contribution in [1.82, 2.24) is 0 Å². The molecule has 0 radical (unpaired) electrons. The van der Waals surface area contributed by atoms with Crippen molar-refractivity contribution in [2.45, 2.75) is 12.8 Å². The smallest absolute Gasteiger partial charge is 0.141 e. The van der Waals surface area contributed by atoms with Gasteiger partial charge in [-0.05, 0) is 12.1 Å². The number of hydrogen-bond donors (Lipinski definition) is 0. The van der Waals surface area contributed by atoms with E-state index in [2.05, 4.69) is 0 Å². The van der Waals surface area contributed by atoms with E-state index < -0.39 is 0 Å². The Morgan fingerprint density at radius 3 is 1.60 bits per heavy atom. The summed E-state index contributed by atoms with van der Waals surface area (Å²) in [7, 11) is 3.23. The van der Waals surface area contributed by atoms with Crippen LogP contribution >= 0.6 is 0 Å². The van der Waals surface area contributed by atoms with Crippen molar-refractivity contribution in [3.63, 3.8) is 0 Å². The van der Waals surface area contributed by atoms with Crippen molar-refractivity contribution in [2.24, 2.45) is 0 Å². The minimum atomic E-state index is 0.138. The number of carbonyl (C=O) groups is 1. The molecular weight excluding hydrogens is 252 g/mol. The molecule has 0 atom stereocenters. The highest BCUT2D eigenvalue weighted by Crippen LogP contribution is 2.21. The van der Waals surface area contributed by atoms with Crippen molar-refractivity contribution in [1.29, 1.82) is 0 Å². The minimum absolute atomic E-state index is 0.138. The van der Waals surface area contributed by atoms with Crippen molar-refractivity contribution in [3.05, 3.63) is 59.7 Å². The van der Waals surface area contributed by atoms with Crippen molar-refractivity contribution >= 4 is 5.78 Å². The van der Waals surface area contributed by atoms with Gasteiger partial charge < -0.3 is 9.47 Å². The zero-order valence-corrected chi connectivity index (χ0v) is 11.8. The fourth-order valence-corrected chi connectivity index (χ4v) is 2.19. The third-order valence-electron chi connectivity index (χ3n) is 3.16. The Balaban J connectivity index is 2.09. The van der Waals surface area contributed by atoms with Gasteiger partial charge in [-0.15, -0.1) is 0 Å². The van der Waals surface area contributed by atoms with E-state index in [4.69, 9.17) is 9.47 Å². The first kappa shape index (κ1) is 14.1. The summed E-state index contributed by atoms with van der Waals surface area (Å²) in [5.41, 5.74) is 1.82. The van der Waals surface area contributed by atoms with E-state index in [9.17, 15) is 4.79 Å². The summed E-state index contributed by atoms with van der Waals surface area (Å²) in [5.74, 6) is 1.64. The summed E-state index contributed by atoms with van der Waals surface area (Å²) >= 11 is 0. The molecule has 2 aromatic rings. The minimum Gasteiger partial charge on any atom is -0.496 e. The molecule has 0 spiro atoms. The normalized spacial score (nSPS) is 10.1. The zero-order valence-electron chi connectivity index (χ0n) is 11.8. The van der Waals surface area contributed by atoms with E-state index in [1.54, 1.807) is 14.2 Å². The van der Waals surface area contributed by atoms with E-state index in [0.29, 0.717) is 12.8 Å². The highest BCUT2D eigenvalue weighted by atomic mass is 16.5. The molecule has 3 nitrogen and oxygen atoms in total. The summed E-state index contributed by atoms with van der Waals surface area (Å²) < 4.78 is 10.5. The molecule has 0 unspecified atom stereocenters. The lowest BCUT2D eigenvalue weighted by Gasteiger charge is -2.09.